The minimum Gasteiger partial charge on any atom is -0.382 e. The zero-order valence-corrected chi connectivity index (χ0v) is 19.2. The fourth-order valence-corrected chi connectivity index (χ4v) is 3.58. The highest BCUT2D eigenvalue weighted by molar-refractivity contribution is 6.30. The van der Waals surface area contributed by atoms with E-state index in [1.54, 1.807) is 54.0 Å². The molecule has 12 heteroatoms. The Balaban J connectivity index is 1.39. The lowest BCUT2D eigenvalue weighted by Crippen LogP contribution is -2.30. The lowest BCUT2D eigenvalue weighted by molar-refractivity contribution is 0.0933. The Bertz CT molecular complexity index is 1520. The van der Waals surface area contributed by atoms with E-state index in [1.807, 2.05) is 18.2 Å². The SMILES string of the molecule is C[C@@H](NC(=O)c1nc(-c2ccccn2)cnc1N)c1nnc2ccc(Nc3cccc(Cl)c3)nn12. The number of nitrogens with one attached hydrogen (secondary N) is 2. The molecule has 4 aromatic heterocycles. The van der Waals surface area contributed by atoms with Gasteiger partial charge in [-0.2, -0.15) is 4.52 Å². The molecule has 4 N–H and O–H groups in total. The Morgan fingerprint density at radius 2 is 1.94 bits per heavy atom. The number of nitrogen functional groups attached to an aromatic ring is 1. The number of benzene rings is 1. The summed E-state index contributed by atoms with van der Waals surface area (Å²) in [4.78, 5) is 25.7. The third kappa shape index (κ3) is 4.70. The molecule has 0 saturated carbocycles. The van der Waals surface area contributed by atoms with Crippen LogP contribution in [0, 0.1) is 0 Å². The van der Waals surface area contributed by atoms with Gasteiger partial charge < -0.3 is 16.4 Å². The molecule has 0 aliphatic rings. The summed E-state index contributed by atoms with van der Waals surface area (Å²) < 4.78 is 1.55. The molecule has 0 bridgehead atoms. The quantitative estimate of drug-likeness (QED) is 0.328. The maximum Gasteiger partial charge on any atom is 0.274 e. The first-order valence-corrected chi connectivity index (χ1v) is 11.0. The number of carbonyl (C=O) groups excluding carboxylic acids is 1. The fraction of sp³-hybridized carbons (Fsp3) is 0.0870. The number of hydrogen-bond donors (Lipinski definition) is 3. The van der Waals surface area contributed by atoms with E-state index < -0.39 is 11.9 Å². The van der Waals surface area contributed by atoms with Crippen molar-refractivity contribution in [1.29, 1.82) is 0 Å². The third-order valence-electron chi connectivity index (χ3n) is 5.06. The fourth-order valence-electron chi connectivity index (χ4n) is 3.39. The van der Waals surface area contributed by atoms with Crippen molar-refractivity contribution in [2.24, 2.45) is 0 Å². The van der Waals surface area contributed by atoms with Crippen molar-refractivity contribution >= 4 is 40.5 Å². The number of amides is 1. The van der Waals surface area contributed by atoms with Crippen LogP contribution in [0.5, 0.6) is 0 Å². The van der Waals surface area contributed by atoms with Crippen molar-refractivity contribution in [2.75, 3.05) is 11.1 Å². The van der Waals surface area contributed by atoms with Gasteiger partial charge in [-0.1, -0.05) is 23.7 Å². The van der Waals surface area contributed by atoms with Gasteiger partial charge in [-0.05, 0) is 49.4 Å². The van der Waals surface area contributed by atoms with Gasteiger partial charge in [-0.15, -0.1) is 15.3 Å². The van der Waals surface area contributed by atoms with Crippen molar-refractivity contribution in [3.63, 3.8) is 0 Å². The van der Waals surface area contributed by atoms with Gasteiger partial charge in [0.05, 0.1) is 17.9 Å². The summed E-state index contributed by atoms with van der Waals surface area (Å²) in [6.45, 7) is 1.76. The van der Waals surface area contributed by atoms with Gasteiger partial charge in [-0.25, -0.2) is 9.97 Å². The number of pyridine rings is 1. The van der Waals surface area contributed by atoms with Crippen LogP contribution in [-0.4, -0.2) is 40.7 Å². The van der Waals surface area contributed by atoms with Crippen molar-refractivity contribution in [3.8, 4) is 11.4 Å². The van der Waals surface area contributed by atoms with E-state index in [1.165, 1.54) is 6.20 Å². The molecule has 0 aliphatic heterocycles. The Morgan fingerprint density at radius 3 is 2.74 bits per heavy atom. The van der Waals surface area contributed by atoms with Gasteiger partial charge in [0.15, 0.2) is 28.8 Å². The molecule has 0 aliphatic carbocycles. The van der Waals surface area contributed by atoms with Crippen LogP contribution in [0.1, 0.15) is 29.3 Å². The van der Waals surface area contributed by atoms with Crippen LogP contribution in [0.2, 0.25) is 5.02 Å². The zero-order chi connectivity index (χ0) is 24.4. The average Bonchev–Trinajstić information content (AvgIpc) is 3.28. The van der Waals surface area contributed by atoms with Crippen LogP contribution in [0.25, 0.3) is 17.0 Å². The highest BCUT2D eigenvalue weighted by Crippen LogP contribution is 2.21. The van der Waals surface area contributed by atoms with E-state index in [0.29, 0.717) is 33.7 Å². The number of nitrogens with zero attached hydrogens (tertiary/aromatic N) is 7. The maximum absolute atomic E-state index is 13.0. The number of carbonyl (C=O) groups is 1. The summed E-state index contributed by atoms with van der Waals surface area (Å²) in [6.07, 6.45) is 3.11. The molecule has 1 aromatic carbocycles. The number of rotatable bonds is 6. The van der Waals surface area contributed by atoms with E-state index in [-0.39, 0.29) is 11.5 Å². The van der Waals surface area contributed by atoms with Gasteiger partial charge in [0.2, 0.25) is 0 Å². The van der Waals surface area contributed by atoms with Crippen molar-refractivity contribution in [3.05, 3.63) is 83.5 Å². The Morgan fingerprint density at radius 1 is 1.06 bits per heavy atom. The molecule has 11 nitrogen and oxygen atoms in total. The highest BCUT2D eigenvalue weighted by Gasteiger charge is 2.21. The molecule has 5 rings (SSSR count). The minimum atomic E-state index is -0.564. The summed E-state index contributed by atoms with van der Waals surface area (Å²) in [5.41, 5.74) is 8.24. The number of fused-ring (bicyclic) bond motifs is 1. The highest BCUT2D eigenvalue weighted by atomic mass is 35.5. The van der Waals surface area contributed by atoms with Crippen molar-refractivity contribution < 1.29 is 4.79 Å². The standard InChI is InChI=1S/C23H19ClN10O/c1-13(28-23(35)20-21(25)27-12-17(30-20)16-7-2-3-10-26-16)22-32-31-19-9-8-18(33-34(19)22)29-15-6-4-5-14(24)11-15/h2-13H,1H3,(H2,25,27)(H,28,35)(H,29,33)/t13-/m1/s1. The molecule has 4 heterocycles. The second-order valence-corrected chi connectivity index (χ2v) is 8.02. The Hall–Kier alpha value is -4.64. The largest absolute Gasteiger partial charge is 0.382 e. The zero-order valence-electron chi connectivity index (χ0n) is 18.4. The second kappa shape index (κ2) is 9.31. The number of hydrogen-bond acceptors (Lipinski definition) is 9. The topological polar surface area (TPSA) is 149 Å². The van der Waals surface area contributed by atoms with E-state index in [4.69, 9.17) is 17.3 Å². The molecule has 1 amide bonds. The Kier molecular flexibility index (Phi) is 5.90. The van der Waals surface area contributed by atoms with Crippen molar-refractivity contribution in [1.82, 2.24) is 40.1 Å². The van der Waals surface area contributed by atoms with Crippen molar-refractivity contribution in [2.45, 2.75) is 13.0 Å². The van der Waals surface area contributed by atoms with Gasteiger partial charge in [-0.3, -0.25) is 9.78 Å². The summed E-state index contributed by atoms with van der Waals surface area (Å²) in [5.74, 6) is 0.477. The number of anilines is 3. The number of nitrogens with two attached hydrogens (primary N) is 1. The molecule has 35 heavy (non-hydrogen) atoms. The molecule has 5 aromatic rings. The van der Waals surface area contributed by atoms with E-state index >= 15 is 0 Å². The lowest BCUT2D eigenvalue weighted by atomic mass is 10.2. The molecular formula is C23H19ClN10O. The van der Waals surface area contributed by atoms with Gasteiger partial charge >= 0.3 is 0 Å². The van der Waals surface area contributed by atoms with Gasteiger partial charge in [0, 0.05) is 16.9 Å². The first-order valence-electron chi connectivity index (χ1n) is 10.6. The average molecular weight is 487 g/mol. The van der Waals surface area contributed by atoms with Crippen LogP contribution < -0.4 is 16.4 Å². The maximum atomic E-state index is 13.0. The van der Waals surface area contributed by atoms with E-state index in [9.17, 15) is 4.79 Å². The second-order valence-electron chi connectivity index (χ2n) is 7.58. The van der Waals surface area contributed by atoms with Crippen LogP contribution in [0.4, 0.5) is 17.3 Å². The predicted octanol–water partition coefficient (Wildman–Crippen LogP) is 3.45. The normalized spacial score (nSPS) is 11.8. The van der Waals surface area contributed by atoms with Crippen LogP contribution in [-0.2, 0) is 0 Å². The summed E-state index contributed by atoms with van der Waals surface area (Å²) in [6, 6.07) is 15.6. The predicted molar refractivity (Wildman–Crippen MR) is 131 cm³/mol. The third-order valence-corrected chi connectivity index (χ3v) is 5.30. The first-order chi connectivity index (χ1) is 17.0. The summed E-state index contributed by atoms with van der Waals surface area (Å²) in [5, 5.41) is 19.5. The molecule has 0 radical (unpaired) electrons. The van der Waals surface area contributed by atoms with Gasteiger partial charge in [0.1, 0.15) is 5.69 Å². The first kappa shape index (κ1) is 22.2. The molecular weight excluding hydrogens is 468 g/mol. The van der Waals surface area contributed by atoms with E-state index in [2.05, 4.69) is 40.9 Å². The Labute approximate surface area is 204 Å². The molecule has 0 spiro atoms. The molecule has 174 valence electrons. The molecule has 1 atom stereocenters. The molecule has 0 fully saturated rings. The lowest BCUT2D eigenvalue weighted by Gasteiger charge is -2.13. The van der Waals surface area contributed by atoms with Crippen LogP contribution in [0.3, 0.4) is 0 Å². The number of halogens is 1. The summed E-state index contributed by atoms with van der Waals surface area (Å²) >= 11 is 6.06. The minimum absolute atomic E-state index is 0.00613. The van der Waals surface area contributed by atoms with Gasteiger partial charge in [0.25, 0.3) is 5.91 Å². The summed E-state index contributed by atoms with van der Waals surface area (Å²) in [7, 11) is 0. The van der Waals surface area contributed by atoms with E-state index in [0.717, 1.165) is 5.69 Å². The number of aromatic nitrogens is 7. The smallest absolute Gasteiger partial charge is 0.274 e. The molecule has 0 saturated heterocycles. The monoisotopic (exact) mass is 486 g/mol. The van der Waals surface area contributed by atoms with Crippen LogP contribution >= 0.6 is 11.6 Å². The van der Waals surface area contributed by atoms with Crippen LogP contribution in [0.15, 0.2) is 67.0 Å². The molecule has 0 unspecified atom stereocenters.